The zero-order chi connectivity index (χ0) is 26.3. The lowest BCUT2D eigenvalue weighted by atomic mass is 10.1. The SMILES string of the molecule is COc1ccc(-n2c(SCc3ccc(C(=O)Nc4ccccc4OC)cc3)nnc2-c2ccccc2)cc1. The van der Waals surface area contributed by atoms with Crippen LogP contribution in [0.15, 0.2) is 108 Å². The van der Waals surface area contributed by atoms with Gasteiger partial charge in [-0.1, -0.05) is 66.4 Å². The van der Waals surface area contributed by atoms with E-state index in [-0.39, 0.29) is 5.91 Å². The normalized spacial score (nSPS) is 10.7. The van der Waals surface area contributed by atoms with Crippen molar-refractivity contribution in [2.45, 2.75) is 10.9 Å². The second-order valence-corrected chi connectivity index (χ2v) is 9.29. The van der Waals surface area contributed by atoms with Gasteiger partial charge in [0.15, 0.2) is 11.0 Å². The van der Waals surface area contributed by atoms with Crippen LogP contribution in [0.1, 0.15) is 15.9 Å². The molecule has 1 aromatic heterocycles. The van der Waals surface area contributed by atoms with Gasteiger partial charge in [0.05, 0.1) is 19.9 Å². The molecular formula is C30H26N4O3S. The molecule has 0 radical (unpaired) electrons. The van der Waals surface area contributed by atoms with Gasteiger partial charge in [0.2, 0.25) is 0 Å². The average Bonchev–Trinajstić information content (AvgIpc) is 3.41. The second kappa shape index (κ2) is 11.7. The van der Waals surface area contributed by atoms with E-state index < -0.39 is 0 Å². The van der Waals surface area contributed by atoms with Crippen molar-refractivity contribution in [3.8, 4) is 28.6 Å². The topological polar surface area (TPSA) is 78.3 Å². The van der Waals surface area contributed by atoms with Gasteiger partial charge in [-0.25, -0.2) is 0 Å². The van der Waals surface area contributed by atoms with Crippen LogP contribution >= 0.6 is 11.8 Å². The highest BCUT2D eigenvalue weighted by atomic mass is 32.2. The van der Waals surface area contributed by atoms with Gasteiger partial charge in [0, 0.05) is 22.6 Å². The van der Waals surface area contributed by atoms with Gasteiger partial charge in [0.25, 0.3) is 5.91 Å². The highest BCUT2D eigenvalue weighted by molar-refractivity contribution is 7.98. The van der Waals surface area contributed by atoms with Crippen molar-refractivity contribution < 1.29 is 14.3 Å². The molecule has 0 fully saturated rings. The number of carbonyl (C=O) groups is 1. The number of carbonyl (C=O) groups excluding carboxylic acids is 1. The van der Waals surface area contributed by atoms with Crippen LogP contribution in [0.5, 0.6) is 11.5 Å². The number of amides is 1. The minimum absolute atomic E-state index is 0.194. The molecule has 7 nitrogen and oxygen atoms in total. The summed E-state index contributed by atoms with van der Waals surface area (Å²) in [5.74, 6) is 2.64. The van der Waals surface area contributed by atoms with Crippen LogP contribution in [0.2, 0.25) is 0 Å². The van der Waals surface area contributed by atoms with Gasteiger partial charge in [-0.3, -0.25) is 9.36 Å². The second-order valence-electron chi connectivity index (χ2n) is 8.35. The Kier molecular flexibility index (Phi) is 7.70. The van der Waals surface area contributed by atoms with Gasteiger partial charge in [-0.05, 0) is 54.1 Å². The summed E-state index contributed by atoms with van der Waals surface area (Å²) >= 11 is 1.58. The Balaban J connectivity index is 1.34. The summed E-state index contributed by atoms with van der Waals surface area (Å²) < 4.78 is 12.7. The Hall–Kier alpha value is -4.56. The van der Waals surface area contributed by atoms with Crippen LogP contribution in [0.3, 0.4) is 0 Å². The fraction of sp³-hybridized carbons (Fsp3) is 0.100. The molecule has 0 atom stereocenters. The van der Waals surface area contributed by atoms with Crippen molar-refractivity contribution >= 4 is 23.4 Å². The smallest absolute Gasteiger partial charge is 0.255 e. The number of rotatable bonds is 9. The van der Waals surface area contributed by atoms with E-state index in [2.05, 4.69) is 20.1 Å². The summed E-state index contributed by atoms with van der Waals surface area (Å²) in [7, 11) is 3.23. The molecule has 0 aliphatic rings. The van der Waals surface area contributed by atoms with Gasteiger partial charge in [-0.15, -0.1) is 10.2 Å². The first-order chi connectivity index (χ1) is 18.7. The molecule has 0 bridgehead atoms. The van der Waals surface area contributed by atoms with Crippen molar-refractivity contribution in [3.63, 3.8) is 0 Å². The van der Waals surface area contributed by atoms with E-state index in [1.807, 2.05) is 103 Å². The molecule has 1 heterocycles. The third-order valence-electron chi connectivity index (χ3n) is 5.94. The first-order valence-corrected chi connectivity index (χ1v) is 13.0. The number of hydrogen-bond acceptors (Lipinski definition) is 6. The Morgan fingerprint density at radius 1 is 0.816 bits per heavy atom. The number of para-hydroxylation sites is 2. The molecular weight excluding hydrogens is 496 g/mol. The van der Waals surface area contributed by atoms with Crippen LogP contribution < -0.4 is 14.8 Å². The zero-order valence-corrected chi connectivity index (χ0v) is 21.8. The van der Waals surface area contributed by atoms with E-state index in [9.17, 15) is 4.79 Å². The molecule has 0 saturated heterocycles. The number of methoxy groups -OCH3 is 2. The molecule has 1 amide bonds. The maximum atomic E-state index is 12.8. The number of thioether (sulfide) groups is 1. The molecule has 190 valence electrons. The minimum atomic E-state index is -0.194. The number of nitrogens with zero attached hydrogens (tertiary/aromatic N) is 3. The molecule has 0 spiro atoms. The van der Waals surface area contributed by atoms with Gasteiger partial charge >= 0.3 is 0 Å². The lowest BCUT2D eigenvalue weighted by Gasteiger charge is -2.12. The monoisotopic (exact) mass is 522 g/mol. The third kappa shape index (κ3) is 5.55. The Morgan fingerprint density at radius 2 is 1.53 bits per heavy atom. The lowest BCUT2D eigenvalue weighted by molar-refractivity contribution is 0.102. The van der Waals surface area contributed by atoms with E-state index in [4.69, 9.17) is 9.47 Å². The third-order valence-corrected chi connectivity index (χ3v) is 6.94. The van der Waals surface area contributed by atoms with Crippen LogP contribution in [-0.2, 0) is 5.75 Å². The average molecular weight is 523 g/mol. The predicted octanol–water partition coefficient (Wildman–Crippen LogP) is 6.50. The predicted molar refractivity (Wildman–Crippen MR) is 150 cm³/mol. The van der Waals surface area contributed by atoms with E-state index in [1.165, 1.54) is 0 Å². The Bertz CT molecular complexity index is 1520. The summed E-state index contributed by atoms with van der Waals surface area (Å²) in [4.78, 5) is 12.8. The molecule has 0 saturated carbocycles. The molecule has 0 aliphatic heterocycles. The highest BCUT2D eigenvalue weighted by Crippen LogP contribution is 2.31. The van der Waals surface area contributed by atoms with Crippen molar-refractivity contribution in [1.29, 1.82) is 0 Å². The molecule has 4 aromatic carbocycles. The van der Waals surface area contributed by atoms with Crippen molar-refractivity contribution in [3.05, 3.63) is 114 Å². The standard InChI is InChI=1S/C30H26N4O3S/c1-36-25-18-16-24(17-19-25)34-28(22-8-4-3-5-9-22)32-33-30(34)38-20-21-12-14-23(15-13-21)29(35)31-26-10-6-7-11-27(26)37-2/h3-19H,20H2,1-2H3,(H,31,35). The Morgan fingerprint density at radius 3 is 2.24 bits per heavy atom. The Labute approximate surface area is 225 Å². The number of nitrogens with one attached hydrogen (secondary N) is 1. The summed E-state index contributed by atoms with van der Waals surface area (Å²) in [5.41, 5.74) is 4.19. The van der Waals surface area contributed by atoms with Crippen molar-refractivity contribution in [2.24, 2.45) is 0 Å². The molecule has 0 unspecified atom stereocenters. The number of anilines is 1. The zero-order valence-electron chi connectivity index (χ0n) is 21.0. The lowest BCUT2D eigenvalue weighted by Crippen LogP contribution is -2.12. The van der Waals surface area contributed by atoms with Crippen LogP contribution in [-0.4, -0.2) is 34.9 Å². The quantitative estimate of drug-likeness (QED) is 0.223. The van der Waals surface area contributed by atoms with E-state index in [0.717, 1.165) is 33.5 Å². The van der Waals surface area contributed by atoms with E-state index in [1.54, 1.807) is 26.0 Å². The van der Waals surface area contributed by atoms with Crippen LogP contribution in [0.25, 0.3) is 17.1 Å². The van der Waals surface area contributed by atoms with E-state index >= 15 is 0 Å². The fourth-order valence-electron chi connectivity index (χ4n) is 3.94. The summed E-state index contributed by atoms with van der Waals surface area (Å²) in [6, 6.07) is 32.7. The molecule has 8 heteroatoms. The number of hydrogen-bond donors (Lipinski definition) is 1. The summed E-state index contributed by atoms with van der Waals surface area (Å²) in [5, 5.41) is 12.7. The van der Waals surface area contributed by atoms with Crippen LogP contribution in [0, 0.1) is 0 Å². The molecule has 5 aromatic rings. The first kappa shape index (κ1) is 25.1. The van der Waals surface area contributed by atoms with E-state index in [0.29, 0.717) is 22.8 Å². The molecule has 0 aliphatic carbocycles. The number of ether oxygens (including phenoxy) is 2. The maximum absolute atomic E-state index is 12.8. The largest absolute Gasteiger partial charge is 0.497 e. The van der Waals surface area contributed by atoms with Gasteiger partial charge in [0.1, 0.15) is 11.5 Å². The van der Waals surface area contributed by atoms with Crippen molar-refractivity contribution in [2.75, 3.05) is 19.5 Å². The maximum Gasteiger partial charge on any atom is 0.255 e. The summed E-state index contributed by atoms with van der Waals surface area (Å²) in [6.45, 7) is 0. The van der Waals surface area contributed by atoms with Crippen LogP contribution in [0.4, 0.5) is 5.69 Å². The minimum Gasteiger partial charge on any atom is -0.497 e. The summed E-state index contributed by atoms with van der Waals surface area (Å²) in [6.07, 6.45) is 0. The fourth-order valence-corrected chi connectivity index (χ4v) is 4.85. The highest BCUT2D eigenvalue weighted by Gasteiger charge is 2.17. The van der Waals surface area contributed by atoms with Gasteiger partial charge < -0.3 is 14.8 Å². The van der Waals surface area contributed by atoms with Crippen molar-refractivity contribution in [1.82, 2.24) is 14.8 Å². The number of aromatic nitrogens is 3. The molecule has 1 N–H and O–H groups in total. The number of benzene rings is 4. The molecule has 5 rings (SSSR count). The molecule has 38 heavy (non-hydrogen) atoms. The first-order valence-electron chi connectivity index (χ1n) is 12.0. The van der Waals surface area contributed by atoms with Gasteiger partial charge in [-0.2, -0.15) is 0 Å².